The maximum absolute atomic E-state index is 5.60. The molecule has 0 aliphatic rings. The highest BCUT2D eigenvalue weighted by atomic mass is 32.1. The average molecular weight is 277 g/mol. The molecule has 0 radical (unpaired) electrons. The van der Waals surface area contributed by atoms with Crippen LogP contribution in [0.3, 0.4) is 0 Å². The highest BCUT2D eigenvalue weighted by molar-refractivity contribution is 7.13. The zero-order chi connectivity index (χ0) is 14.1. The summed E-state index contributed by atoms with van der Waals surface area (Å²) in [4.78, 5) is 4.26. The van der Waals surface area contributed by atoms with E-state index in [9.17, 15) is 0 Å². The Morgan fingerprint density at radius 2 is 1.79 bits per heavy atom. The number of anilines is 1. The molecule has 0 aliphatic heterocycles. The van der Waals surface area contributed by atoms with Crippen molar-refractivity contribution in [3.05, 3.63) is 46.5 Å². The van der Waals surface area contributed by atoms with Crippen molar-refractivity contribution in [2.24, 2.45) is 5.73 Å². The SMILES string of the molecule is CC.NCCc1cccc(CCc2csc(N)n2)c1. The van der Waals surface area contributed by atoms with Crippen LogP contribution in [0.1, 0.15) is 30.7 Å². The smallest absolute Gasteiger partial charge is 0.180 e. The molecular weight excluding hydrogens is 254 g/mol. The molecule has 0 saturated carbocycles. The van der Waals surface area contributed by atoms with Gasteiger partial charge in [-0.15, -0.1) is 11.3 Å². The molecular formula is C15H23N3S. The third kappa shape index (κ3) is 5.41. The molecule has 0 atom stereocenters. The Morgan fingerprint density at radius 1 is 1.11 bits per heavy atom. The normalized spacial score (nSPS) is 9.84. The van der Waals surface area contributed by atoms with Gasteiger partial charge < -0.3 is 11.5 Å². The van der Waals surface area contributed by atoms with Crippen LogP contribution in [0.15, 0.2) is 29.6 Å². The monoisotopic (exact) mass is 277 g/mol. The fraction of sp³-hybridized carbons (Fsp3) is 0.400. The summed E-state index contributed by atoms with van der Waals surface area (Å²) in [5.41, 5.74) is 14.9. The van der Waals surface area contributed by atoms with Crippen molar-refractivity contribution in [3.8, 4) is 0 Å². The van der Waals surface area contributed by atoms with Crippen LogP contribution in [0.2, 0.25) is 0 Å². The van der Waals surface area contributed by atoms with Crippen molar-refractivity contribution in [3.63, 3.8) is 0 Å². The summed E-state index contributed by atoms with van der Waals surface area (Å²) in [6, 6.07) is 8.59. The molecule has 0 fully saturated rings. The van der Waals surface area contributed by atoms with Gasteiger partial charge in [0.15, 0.2) is 5.13 Å². The van der Waals surface area contributed by atoms with Crippen LogP contribution in [0.4, 0.5) is 5.13 Å². The number of nitrogens with zero attached hydrogens (tertiary/aromatic N) is 1. The summed E-state index contributed by atoms with van der Waals surface area (Å²) >= 11 is 1.50. The summed E-state index contributed by atoms with van der Waals surface area (Å²) < 4.78 is 0. The van der Waals surface area contributed by atoms with Gasteiger partial charge in [0.05, 0.1) is 5.69 Å². The minimum atomic E-state index is 0.650. The molecule has 4 heteroatoms. The lowest BCUT2D eigenvalue weighted by Crippen LogP contribution is -2.03. The Labute approximate surface area is 119 Å². The van der Waals surface area contributed by atoms with E-state index in [2.05, 4.69) is 29.2 Å². The van der Waals surface area contributed by atoms with Gasteiger partial charge in [-0.1, -0.05) is 38.1 Å². The number of nitrogen functional groups attached to an aromatic ring is 1. The lowest BCUT2D eigenvalue weighted by Gasteiger charge is -2.03. The van der Waals surface area contributed by atoms with E-state index >= 15 is 0 Å². The first-order valence-electron chi connectivity index (χ1n) is 6.75. The van der Waals surface area contributed by atoms with Crippen molar-refractivity contribution < 1.29 is 0 Å². The van der Waals surface area contributed by atoms with E-state index < -0.39 is 0 Å². The number of hydrogen-bond donors (Lipinski definition) is 2. The molecule has 1 heterocycles. The molecule has 0 aliphatic carbocycles. The van der Waals surface area contributed by atoms with Crippen molar-refractivity contribution in [1.29, 1.82) is 0 Å². The van der Waals surface area contributed by atoms with Crippen molar-refractivity contribution >= 4 is 16.5 Å². The molecule has 3 nitrogen and oxygen atoms in total. The maximum atomic E-state index is 5.60. The zero-order valence-corrected chi connectivity index (χ0v) is 12.5. The summed E-state index contributed by atoms with van der Waals surface area (Å²) in [5, 5.41) is 2.68. The number of nitrogens with two attached hydrogens (primary N) is 2. The van der Waals surface area contributed by atoms with E-state index in [0.29, 0.717) is 11.7 Å². The second-order valence-electron chi connectivity index (χ2n) is 4.04. The fourth-order valence-electron chi connectivity index (χ4n) is 1.82. The second kappa shape index (κ2) is 8.67. The number of rotatable bonds is 5. The molecule has 0 bridgehead atoms. The van der Waals surface area contributed by atoms with Crippen molar-refractivity contribution in [2.45, 2.75) is 33.1 Å². The molecule has 104 valence electrons. The number of aromatic nitrogens is 1. The van der Waals surface area contributed by atoms with Crippen LogP contribution >= 0.6 is 11.3 Å². The molecule has 2 aromatic rings. The van der Waals surface area contributed by atoms with E-state index in [1.165, 1.54) is 22.5 Å². The molecule has 2 rings (SSSR count). The molecule has 4 N–H and O–H groups in total. The minimum Gasteiger partial charge on any atom is -0.375 e. The number of thiazole rings is 1. The topological polar surface area (TPSA) is 64.9 Å². The second-order valence-corrected chi connectivity index (χ2v) is 4.93. The van der Waals surface area contributed by atoms with E-state index in [1.54, 1.807) is 0 Å². The Bertz CT molecular complexity index is 480. The Balaban J connectivity index is 0.000000861. The number of benzene rings is 1. The Hall–Kier alpha value is -1.39. The van der Waals surface area contributed by atoms with E-state index in [0.717, 1.165) is 25.0 Å². The van der Waals surface area contributed by atoms with Crippen LogP contribution < -0.4 is 11.5 Å². The van der Waals surface area contributed by atoms with Gasteiger partial charge in [-0.3, -0.25) is 0 Å². The first kappa shape index (κ1) is 15.7. The minimum absolute atomic E-state index is 0.650. The lowest BCUT2D eigenvalue weighted by molar-refractivity contribution is 0.915. The molecule has 19 heavy (non-hydrogen) atoms. The van der Waals surface area contributed by atoms with Gasteiger partial charge in [0.2, 0.25) is 0 Å². The maximum Gasteiger partial charge on any atom is 0.180 e. The highest BCUT2D eigenvalue weighted by Crippen LogP contribution is 2.14. The molecule has 0 saturated heterocycles. The standard InChI is InChI=1S/C13H17N3S.C2H6/c14-7-6-11-3-1-2-10(8-11)4-5-12-9-17-13(15)16-12;1-2/h1-3,8-9H,4-7,14H2,(H2,15,16);1-2H3. The molecule has 0 amide bonds. The summed E-state index contributed by atoms with van der Waals surface area (Å²) in [5.74, 6) is 0. The summed E-state index contributed by atoms with van der Waals surface area (Å²) in [6.45, 7) is 4.70. The van der Waals surface area contributed by atoms with Gasteiger partial charge in [-0.2, -0.15) is 0 Å². The van der Waals surface area contributed by atoms with Gasteiger partial charge in [-0.25, -0.2) is 4.98 Å². The van der Waals surface area contributed by atoms with Crippen LogP contribution in [0.5, 0.6) is 0 Å². The third-order valence-corrected chi connectivity index (χ3v) is 3.39. The predicted molar refractivity (Wildman–Crippen MR) is 84.5 cm³/mol. The van der Waals surface area contributed by atoms with Gasteiger partial charge >= 0.3 is 0 Å². The van der Waals surface area contributed by atoms with E-state index in [-0.39, 0.29) is 0 Å². The Morgan fingerprint density at radius 3 is 2.37 bits per heavy atom. The van der Waals surface area contributed by atoms with Gasteiger partial charge in [0.1, 0.15) is 0 Å². The quantitative estimate of drug-likeness (QED) is 0.883. The number of hydrogen-bond acceptors (Lipinski definition) is 4. The molecule has 1 aromatic carbocycles. The fourth-order valence-corrected chi connectivity index (χ4v) is 2.41. The van der Waals surface area contributed by atoms with E-state index in [4.69, 9.17) is 11.5 Å². The first-order chi connectivity index (χ1) is 9.28. The van der Waals surface area contributed by atoms with Crippen molar-refractivity contribution in [2.75, 3.05) is 12.3 Å². The van der Waals surface area contributed by atoms with E-state index in [1.807, 2.05) is 19.2 Å². The van der Waals surface area contributed by atoms with Crippen LogP contribution in [0, 0.1) is 0 Å². The summed E-state index contributed by atoms with van der Waals surface area (Å²) in [7, 11) is 0. The summed E-state index contributed by atoms with van der Waals surface area (Å²) in [6.07, 6.45) is 2.89. The lowest BCUT2D eigenvalue weighted by atomic mass is 10.0. The van der Waals surface area contributed by atoms with Gasteiger partial charge in [-0.05, 0) is 36.9 Å². The predicted octanol–water partition coefficient (Wildman–Crippen LogP) is 3.04. The van der Waals surface area contributed by atoms with Crippen LogP contribution in [0.25, 0.3) is 0 Å². The molecule has 0 unspecified atom stereocenters. The first-order valence-corrected chi connectivity index (χ1v) is 7.63. The molecule has 1 aromatic heterocycles. The van der Waals surface area contributed by atoms with Crippen molar-refractivity contribution in [1.82, 2.24) is 4.98 Å². The third-order valence-electron chi connectivity index (χ3n) is 2.66. The Kier molecular flexibility index (Phi) is 7.15. The average Bonchev–Trinajstić information content (AvgIpc) is 2.86. The van der Waals surface area contributed by atoms with Gasteiger partial charge in [0.25, 0.3) is 0 Å². The zero-order valence-electron chi connectivity index (χ0n) is 11.7. The highest BCUT2D eigenvalue weighted by Gasteiger charge is 2.01. The molecule has 0 spiro atoms. The largest absolute Gasteiger partial charge is 0.375 e. The van der Waals surface area contributed by atoms with Gasteiger partial charge in [0, 0.05) is 5.38 Å². The number of aryl methyl sites for hydroxylation is 2. The van der Waals surface area contributed by atoms with Crippen LogP contribution in [-0.4, -0.2) is 11.5 Å². The van der Waals surface area contributed by atoms with Crippen LogP contribution in [-0.2, 0) is 19.3 Å².